The van der Waals surface area contributed by atoms with Gasteiger partial charge in [0.05, 0.1) is 0 Å². The van der Waals surface area contributed by atoms with Gasteiger partial charge < -0.3 is 0 Å². The molecule has 0 amide bonds. The van der Waals surface area contributed by atoms with Crippen LogP contribution in [-0.4, -0.2) is 23.3 Å². The number of piperidine rings is 1. The number of ketones is 1. The molecule has 0 aromatic heterocycles. The Balaban J connectivity index is 2.10. The topological polar surface area (TPSA) is 20.3 Å². The van der Waals surface area contributed by atoms with Crippen molar-refractivity contribution in [2.24, 2.45) is 0 Å². The van der Waals surface area contributed by atoms with Gasteiger partial charge in [-0.25, -0.2) is 8.78 Å². The van der Waals surface area contributed by atoms with E-state index in [9.17, 15) is 13.6 Å². The summed E-state index contributed by atoms with van der Waals surface area (Å²) in [5.74, 6) is -1.43. The Hall–Kier alpha value is -1.29. The van der Waals surface area contributed by atoms with Gasteiger partial charge in [-0.15, -0.1) is 0 Å². The fourth-order valence-electron chi connectivity index (χ4n) is 2.72. The lowest BCUT2D eigenvalue weighted by atomic mass is 9.97. The second-order valence-corrected chi connectivity index (χ2v) is 5.24. The molecule has 19 heavy (non-hydrogen) atoms. The molecule has 0 bridgehead atoms. The summed E-state index contributed by atoms with van der Waals surface area (Å²) in [5.41, 5.74) is 0.371. The Morgan fingerprint density at radius 2 is 2.16 bits per heavy atom. The molecule has 2 rings (SSSR count). The maximum Gasteiger partial charge on any atom is 0.163 e. The van der Waals surface area contributed by atoms with Gasteiger partial charge in [0.1, 0.15) is 5.78 Å². The van der Waals surface area contributed by atoms with Crippen LogP contribution in [0.3, 0.4) is 0 Å². The lowest BCUT2D eigenvalue weighted by Crippen LogP contribution is -2.40. The quantitative estimate of drug-likeness (QED) is 0.834. The van der Waals surface area contributed by atoms with E-state index in [-0.39, 0.29) is 11.8 Å². The maximum absolute atomic E-state index is 13.7. The second-order valence-electron chi connectivity index (χ2n) is 5.24. The maximum atomic E-state index is 13.7. The molecule has 4 heteroatoms. The van der Waals surface area contributed by atoms with Crippen molar-refractivity contribution in [2.45, 2.75) is 45.2 Å². The number of hydrogen-bond donors (Lipinski definition) is 0. The molecule has 1 aromatic carbocycles. The molecule has 0 aliphatic carbocycles. The van der Waals surface area contributed by atoms with Crippen molar-refractivity contribution in [2.75, 3.05) is 6.54 Å². The van der Waals surface area contributed by atoms with Gasteiger partial charge in [0, 0.05) is 24.6 Å². The number of carbonyl (C=O) groups excluding carboxylic acids is 1. The van der Waals surface area contributed by atoms with E-state index >= 15 is 0 Å². The highest BCUT2D eigenvalue weighted by Gasteiger charge is 2.24. The van der Waals surface area contributed by atoms with Gasteiger partial charge in [-0.2, -0.15) is 0 Å². The first kappa shape index (κ1) is 14.1. The molecule has 0 spiro atoms. The van der Waals surface area contributed by atoms with Crippen molar-refractivity contribution in [3.8, 4) is 0 Å². The summed E-state index contributed by atoms with van der Waals surface area (Å²) in [5, 5.41) is 0. The highest BCUT2D eigenvalue weighted by atomic mass is 19.2. The van der Waals surface area contributed by atoms with Gasteiger partial charge in [0.25, 0.3) is 0 Å². The zero-order valence-corrected chi connectivity index (χ0v) is 11.2. The van der Waals surface area contributed by atoms with Crippen LogP contribution in [0.4, 0.5) is 8.78 Å². The minimum absolute atomic E-state index is 0.150. The number of hydrogen-bond acceptors (Lipinski definition) is 2. The minimum atomic E-state index is -0.808. The van der Waals surface area contributed by atoms with Gasteiger partial charge in [-0.3, -0.25) is 9.69 Å². The van der Waals surface area contributed by atoms with Crippen molar-refractivity contribution in [1.82, 2.24) is 4.90 Å². The van der Waals surface area contributed by atoms with E-state index in [1.807, 2.05) is 0 Å². The number of rotatable bonds is 4. The number of nitrogens with zero attached hydrogens (tertiary/aromatic N) is 1. The molecule has 104 valence electrons. The zero-order chi connectivity index (χ0) is 13.8. The molecule has 1 saturated heterocycles. The van der Waals surface area contributed by atoms with E-state index in [4.69, 9.17) is 0 Å². The third-order valence-electron chi connectivity index (χ3n) is 3.68. The Bertz CT molecular complexity index is 461. The van der Waals surface area contributed by atoms with Gasteiger partial charge in [-0.1, -0.05) is 18.6 Å². The molecular weight excluding hydrogens is 248 g/mol. The predicted molar refractivity (Wildman–Crippen MR) is 69.7 cm³/mol. The third kappa shape index (κ3) is 3.60. The normalized spacial score (nSPS) is 20.5. The summed E-state index contributed by atoms with van der Waals surface area (Å²) in [6.07, 6.45) is 3.60. The molecular formula is C15H19F2NO. The number of benzene rings is 1. The molecule has 1 unspecified atom stereocenters. The van der Waals surface area contributed by atoms with Crippen LogP contribution in [0, 0.1) is 11.6 Å². The Morgan fingerprint density at radius 3 is 2.89 bits per heavy atom. The van der Waals surface area contributed by atoms with Crippen molar-refractivity contribution >= 4 is 5.78 Å². The van der Waals surface area contributed by atoms with Crippen LogP contribution < -0.4 is 0 Å². The van der Waals surface area contributed by atoms with Crippen LogP contribution in [0.15, 0.2) is 18.2 Å². The van der Waals surface area contributed by atoms with Crippen LogP contribution in [0.2, 0.25) is 0 Å². The van der Waals surface area contributed by atoms with Crippen molar-refractivity contribution in [1.29, 1.82) is 0 Å². The summed E-state index contributed by atoms with van der Waals surface area (Å²) in [6.45, 7) is 2.80. The SMILES string of the molecule is CC(=O)CC1CCCCN1Cc1cccc(F)c1F. The van der Waals surface area contributed by atoms with Crippen molar-refractivity contribution in [3.63, 3.8) is 0 Å². The van der Waals surface area contributed by atoms with Crippen LogP contribution in [-0.2, 0) is 11.3 Å². The van der Waals surface area contributed by atoms with Crippen LogP contribution >= 0.6 is 0 Å². The number of halogens is 2. The average molecular weight is 267 g/mol. The Kier molecular flexibility index (Phi) is 4.64. The summed E-state index contributed by atoms with van der Waals surface area (Å²) >= 11 is 0. The highest BCUT2D eigenvalue weighted by Crippen LogP contribution is 2.23. The number of Topliss-reactive ketones (excluding diaryl/α,β-unsaturated/α-hetero) is 1. The fraction of sp³-hybridized carbons (Fsp3) is 0.533. The molecule has 1 heterocycles. The molecule has 0 radical (unpaired) electrons. The molecule has 2 nitrogen and oxygen atoms in total. The molecule has 0 saturated carbocycles. The molecule has 1 aliphatic rings. The second kappa shape index (κ2) is 6.24. The number of likely N-dealkylation sites (tertiary alicyclic amines) is 1. The first-order valence-electron chi connectivity index (χ1n) is 6.74. The summed E-state index contributed by atoms with van der Waals surface area (Å²) in [6, 6.07) is 4.42. The molecule has 1 fully saturated rings. The van der Waals surface area contributed by atoms with Crippen molar-refractivity contribution < 1.29 is 13.6 Å². The Labute approximate surface area is 112 Å². The van der Waals surface area contributed by atoms with Crippen LogP contribution in [0.25, 0.3) is 0 Å². The lowest BCUT2D eigenvalue weighted by molar-refractivity contribution is -0.118. The molecule has 0 N–H and O–H groups in total. The molecule has 1 aliphatic heterocycles. The largest absolute Gasteiger partial charge is 0.300 e. The average Bonchev–Trinajstić information content (AvgIpc) is 2.36. The Morgan fingerprint density at radius 1 is 1.37 bits per heavy atom. The monoisotopic (exact) mass is 267 g/mol. The van der Waals surface area contributed by atoms with E-state index in [1.165, 1.54) is 6.07 Å². The zero-order valence-electron chi connectivity index (χ0n) is 11.2. The first-order valence-corrected chi connectivity index (χ1v) is 6.74. The molecule has 1 aromatic rings. The highest BCUT2D eigenvalue weighted by molar-refractivity contribution is 5.76. The van der Waals surface area contributed by atoms with E-state index in [0.717, 1.165) is 31.9 Å². The third-order valence-corrected chi connectivity index (χ3v) is 3.68. The summed E-state index contributed by atoms with van der Waals surface area (Å²) in [7, 11) is 0. The standard InChI is InChI=1S/C15H19F2NO/c1-11(19)9-13-6-2-3-8-18(13)10-12-5-4-7-14(16)15(12)17/h4-5,7,13H,2-3,6,8-10H2,1H3. The van der Waals surface area contributed by atoms with E-state index in [0.29, 0.717) is 18.5 Å². The summed E-state index contributed by atoms with van der Waals surface area (Å²) in [4.78, 5) is 13.4. The minimum Gasteiger partial charge on any atom is -0.300 e. The smallest absolute Gasteiger partial charge is 0.163 e. The van der Waals surface area contributed by atoms with Crippen molar-refractivity contribution in [3.05, 3.63) is 35.4 Å². The lowest BCUT2D eigenvalue weighted by Gasteiger charge is -2.35. The first-order chi connectivity index (χ1) is 9.08. The van der Waals surface area contributed by atoms with Gasteiger partial charge in [0.15, 0.2) is 11.6 Å². The van der Waals surface area contributed by atoms with Gasteiger partial charge in [0.2, 0.25) is 0 Å². The predicted octanol–water partition coefficient (Wildman–Crippen LogP) is 3.30. The fourth-order valence-corrected chi connectivity index (χ4v) is 2.72. The van der Waals surface area contributed by atoms with Gasteiger partial charge in [-0.05, 0) is 32.4 Å². The molecule has 1 atom stereocenters. The van der Waals surface area contributed by atoms with E-state index in [1.54, 1.807) is 13.0 Å². The van der Waals surface area contributed by atoms with E-state index in [2.05, 4.69) is 4.90 Å². The summed E-state index contributed by atoms with van der Waals surface area (Å²) < 4.78 is 26.9. The van der Waals surface area contributed by atoms with E-state index < -0.39 is 11.6 Å². The van der Waals surface area contributed by atoms with Crippen LogP contribution in [0.1, 0.15) is 38.2 Å². The number of carbonyl (C=O) groups is 1. The van der Waals surface area contributed by atoms with Crippen LogP contribution in [0.5, 0.6) is 0 Å². The van der Waals surface area contributed by atoms with Gasteiger partial charge >= 0.3 is 0 Å².